The molecule has 0 bridgehead atoms. The lowest BCUT2D eigenvalue weighted by Crippen LogP contribution is -2.51. The molecular formula is C14H29NO4. The summed E-state index contributed by atoms with van der Waals surface area (Å²) in [4.78, 5) is 11.3. The van der Waals surface area contributed by atoms with Gasteiger partial charge in [0.1, 0.15) is 5.54 Å². The van der Waals surface area contributed by atoms with E-state index in [0.717, 1.165) is 6.61 Å². The van der Waals surface area contributed by atoms with Crippen molar-refractivity contribution in [1.29, 1.82) is 0 Å². The van der Waals surface area contributed by atoms with Crippen LogP contribution in [0.2, 0.25) is 0 Å². The van der Waals surface area contributed by atoms with E-state index in [1.54, 1.807) is 6.92 Å². The van der Waals surface area contributed by atoms with Crippen LogP contribution in [-0.4, -0.2) is 49.1 Å². The summed E-state index contributed by atoms with van der Waals surface area (Å²) >= 11 is 0. The number of nitrogens with one attached hydrogen (secondary N) is 1. The molecule has 2 unspecified atom stereocenters. The first-order chi connectivity index (χ1) is 8.81. The van der Waals surface area contributed by atoms with Gasteiger partial charge < -0.3 is 19.9 Å². The molecule has 114 valence electrons. The number of hydrogen-bond donors (Lipinski definition) is 2. The standard InChI is InChI=1S/C14H29NO4/c1-6-15-14(5,13(16)17)9-12(4)19-8-7-18-10-11(2)3/h11-12,15H,6-10H2,1-5H3,(H,16,17). The number of carboxylic acid groups (broad SMARTS) is 1. The number of carbonyl (C=O) groups is 1. The van der Waals surface area contributed by atoms with Crippen molar-refractivity contribution < 1.29 is 19.4 Å². The molecule has 0 saturated carbocycles. The van der Waals surface area contributed by atoms with Gasteiger partial charge >= 0.3 is 5.97 Å². The molecule has 0 aromatic carbocycles. The highest BCUT2D eigenvalue weighted by Crippen LogP contribution is 2.15. The number of carboxylic acids is 1. The van der Waals surface area contributed by atoms with E-state index in [-0.39, 0.29) is 6.10 Å². The zero-order valence-corrected chi connectivity index (χ0v) is 12.9. The predicted octanol–water partition coefficient (Wildman–Crippen LogP) is 1.91. The molecule has 0 rings (SSSR count). The van der Waals surface area contributed by atoms with E-state index in [1.165, 1.54) is 0 Å². The zero-order chi connectivity index (χ0) is 14.9. The van der Waals surface area contributed by atoms with Crippen LogP contribution in [0.5, 0.6) is 0 Å². The number of likely N-dealkylation sites (N-methyl/N-ethyl adjacent to an activating group) is 1. The second kappa shape index (κ2) is 9.28. The van der Waals surface area contributed by atoms with Gasteiger partial charge in [-0.25, -0.2) is 0 Å². The molecule has 0 fully saturated rings. The molecule has 0 aromatic heterocycles. The van der Waals surface area contributed by atoms with E-state index in [0.29, 0.717) is 32.1 Å². The first-order valence-corrected chi connectivity index (χ1v) is 6.99. The van der Waals surface area contributed by atoms with Gasteiger partial charge in [-0.1, -0.05) is 20.8 Å². The first-order valence-electron chi connectivity index (χ1n) is 6.99. The van der Waals surface area contributed by atoms with Gasteiger partial charge in [-0.3, -0.25) is 4.79 Å². The zero-order valence-electron chi connectivity index (χ0n) is 12.9. The molecule has 19 heavy (non-hydrogen) atoms. The van der Waals surface area contributed by atoms with E-state index in [9.17, 15) is 9.90 Å². The van der Waals surface area contributed by atoms with Crippen LogP contribution in [-0.2, 0) is 14.3 Å². The van der Waals surface area contributed by atoms with E-state index in [4.69, 9.17) is 9.47 Å². The summed E-state index contributed by atoms with van der Waals surface area (Å²) < 4.78 is 11.0. The lowest BCUT2D eigenvalue weighted by atomic mass is 9.95. The minimum absolute atomic E-state index is 0.122. The Morgan fingerprint density at radius 1 is 1.32 bits per heavy atom. The quantitative estimate of drug-likeness (QED) is 0.564. The lowest BCUT2D eigenvalue weighted by molar-refractivity contribution is -0.146. The van der Waals surface area contributed by atoms with Crippen LogP contribution in [0.25, 0.3) is 0 Å². The Kier molecular flexibility index (Phi) is 8.97. The fourth-order valence-electron chi connectivity index (χ4n) is 1.89. The van der Waals surface area contributed by atoms with Crippen LogP contribution < -0.4 is 5.32 Å². The maximum absolute atomic E-state index is 11.3. The maximum atomic E-state index is 11.3. The predicted molar refractivity (Wildman–Crippen MR) is 75.4 cm³/mol. The molecule has 0 saturated heterocycles. The summed E-state index contributed by atoms with van der Waals surface area (Å²) in [5.41, 5.74) is -0.938. The van der Waals surface area contributed by atoms with Crippen molar-refractivity contribution in [2.75, 3.05) is 26.4 Å². The number of ether oxygens (including phenoxy) is 2. The van der Waals surface area contributed by atoms with Crippen LogP contribution in [0.4, 0.5) is 0 Å². The highest BCUT2D eigenvalue weighted by molar-refractivity contribution is 5.78. The van der Waals surface area contributed by atoms with Gasteiger partial charge in [0.2, 0.25) is 0 Å². The Bertz CT molecular complexity index is 258. The van der Waals surface area contributed by atoms with Crippen molar-refractivity contribution in [3.63, 3.8) is 0 Å². The third-order valence-electron chi connectivity index (χ3n) is 2.82. The normalized spacial score (nSPS) is 16.3. The average molecular weight is 275 g/mol. The summed E-state index contributed by atoms with van der Waals surface area (Å²) in [6.45, 7) is 12.1. The molecule has 5 nitrogen and oxygen atoms in total. The molecule has 0 radical (unpaired) electrons. The summed E-state index contributed by atoms with van der Waals surface area (Å²) in [5.74, 6) is -0.331. The molecule has 5 heteroatoms. The third-order valence-corrected chi connectivity index (χ3v) is 2.82. The van der Waals surface area contributed by atoms with E-state index < -0.39 is 11.5 Å². The van der Waals surface area contributed by atoms with Crippen LogP contribution >= 0.6 is 0 Å². The average Bonchev–Trinajstić information content (AvgIpc) is 2.28. The molecule has 0 spiro atoms. The first kappa shape index (κ1) is 18.4. The van der Waals surface area contributed by atoms with Crippen LogP contribution in [0.1, 0.15) is 41.0 Å². The van der Waals surface area contributed by atoms with Gasteiger partial charge in [0.05, 0.1) is 19.3 Å². The molecule has 0 aliphatic heterocycles. The fraction of sp³-hybridized carbons (Fsp3) is 0.929. The van der Waals surface area contributed by atoms with Crippen molar-refractivity contribution in [1.82, 2.24) is 5.32 Å². The second-order valence-corrected chi connectivity index (χ2v) is 5.52. The molecular weight excluding hydrogens is 246 g/mol. The maximum Gasteiger partial charge on any atom is 0.323 e. The molecule has 2 N–H and O–H groups in total. The summed E-state index contributed by atoms with van der Waals surface area (Å²) in [6, 6.07) is 0. The van der Waals surface area contributed by atoms with Crippen LogP contribution in [0, 0.1) is 5.92 Å². The van der Waals surface area contributed by atoms with Crippen LogP contribution in [0.15, 0.2) is 0 Å². The number of hydrogen-bond acceptors (Lipinski definition) is 4. The second-order valence-electron chi connectivity index (χ2n) is 5.52. The largest absolute Gasteiger partial charge is 0.480 e. The monoisotopic (exact) mass is 275 g/mol. The Morgan fingerprint density at radius 2 is 1.95 bits per heavy atom. The van der Waals surface area contributed by atoms with E-state index in [1.807, 2.05) is 13.8 Å². The summed E-state index contributed by atoms with van der Waals surface area (Å²) in [7, 11) is 0. The minimum Gasteiger partial charge on any atom is -0.480 e. The van der Waals surface area contributed by atoms with Gasteiger partial charge in [0.25, 0.3) is 0 Å². The minimum atomic E-state index is -0.938. The molecule has 0 aliphatic rings. The number of rotatable bonds is 11. The smallest absolute Gasteiger partial charge is 0.323 e. The molecule has 0 amide bonds. The van der Waals surface area contributed by atoms with Gasteiger partial charge in [0.15, 0.2) is 0 Å². The fourth-order valence-corrected chi connectivity index (χ4v) is 1.89. The third kappa shape index (κ3) is 8.18. The molecule has 0 aromatic rings. The van der Waals surface area contributed by atoms with Crippen molar-refractivity contribution >= 4 is 5.97 Å². The van der Waals surface area contributed by atoms with E-state index >= 15 is 0 Å². The van der Waals surface area contributed by atoms with Crippen molar-refractivity contribution in [3.05, 3.63) is 0 Å². The van der Waals surface area contributed by atoms with Crippen LogP contribution in [0.3, 0.4) is 0 Å². The highest BCUT2D eigenvalue weighted by atomic mass is 16.5. The summed E-state index contributed by atoms with van der Waals surface area (Å²) in [5, 5.41) is 12.2. The molecule has 2 atom stereocenters. The van der Waals surface area contributed by atoms with E-state index in [2.05, 4.69) is 19.2 Å². The van der Waals surface area contributed by atoms with Gasteiger partial charge in [-0.15, -0.1) is 0 Å². The number of aliphatic carboxylic acids is 1. The SMILES string of the molecule is CCNC(C)(CC(C)OCCOCC(C)C)C(=O)O. The van der Waals surface area contributed by atoms with Gasteiger partial charge in [0, 0.05) is 13.0 Å². The topological polar surface area (TPSA) is 67.8 Å². The van der Waals surface area contributed by atoms with Crippen molar-refractivity contribution in [3.8, 4) is 0 Å². The van der Waals surface area contributed by atoms with Gasteiger partial charge in [-0.2, -0.15) is 0 Å². The summed E-state index contributed by atoms with van der Waals surface area (Å²) in [6.07, 6.45) is 0.308. The Balaban J connectivity index is 3.94. The Labute approximate surface area is 116 Å². The van der Waals surface area contributed by atoms with Crippen molar-refractivity contribution in [2.24, 2.45) is 5.92 Å². The van der Waals surface area contributed by atoms with Gasteiger partial charge in [-0.05, 0) is 26.3 Å². The molecule has 0 heterocycles. The molecule has 0 aliphatic carbocycles. The van der Waals surface area contributed by atoms with Crippen molar-refractivity contribution in [2.45, 2.75) is 52.7 Å². The Morgan fingerprint density at radius 3 is 2.42 bits per heavy atom. The lowest BCUT2D eigenvalue weighted by Gasteiger charge is -2.28. The highest BCUT2D eigenvalue weighted by Gasteiger charge is 2.33. The Hall–Kier alpha value is -0.650.